The molecule has 0 N–H and O–H groups in total. The van der Waals surface area contributed by atoms with E-state index in [1.165, 1.54) is 45.1 Å². The van der Waals surface area contributed by atoms with E-state index in [9.17, 15) is 0 Å². The second-order valence-electron chi connectivity index (χ2n) is 6.14. The normalized spacial score (nSPS) is 47.0. The molecule has 3 rings (SSSR count). The Morgan fingerprint density at radius 3 is 2.53 bits per heavy atom. The van der Waals surface area contributed by atoms with Crippen LogP contribution < -0.4 is 0 Å². The third-order valence-electron chi connectivity index (χ3n) is 5.46. The molecule has 3 fully saturated rings. The minimum Gasteiger partial charge on any atom is -0.303 e. The molecule has 86 valence electrons. The molecule has 0 radical (unpaired) electrons. The molecule has 1 saturated heterocycles. The maximum Gasteiger partial charge on any atom is 0.0123 e. The van der Waals surface area contributed by atoms with Crippen molar-refractivity contribution in [3.05, 3.63) is 0 Å². The largest absolute Gasteiger partial charge is 0.303 e. The van der Waals surface area contributed by atoms with E-state index in [1.807, 2.05) is 0 Å². The van der Waals surface area contributed by atoms with E-state index < -0.39 is 0 Å². The molecular weight excluding hydrogens is 182 g/mol. The van der Waals surface area contributed by atoms with E-state index in [1.54, 1.807) is 12.8 Å². The lowest BCUT2D eigenvalue weighted by Gasteiger charge is -2.51. The summed E-state index contributed by atoms with van der Waals surface area (Å²) in [5.74, 6) is 3.30. The standard InChI is InChI=1S/C14H25N/c1-15-10-4-7-13-12-6-3-2-5-11(12)8-9-14(13)15/h11-14H,2-10H2,1H3. The fourth-order valence-electron chi connectivity index (χ4n) is 4.74. The number of piperidine rings is 1. The summed E-state index contributed by atoms with van der Waals surface area (Å²) in [6.07, 6.45) is 12.2. The first kappa shape index (κ1) is 10.1. The minimum atomic E-state index is 0.957. The summed E-state index contributed by atoms with van der Waals surface area (Å²) in [5, 5.41) is 0. The van der Waals surface area contributed by atoms with Crippen LogP contribution in [0.4, 0.5) is 0 Å². The highest BCUT2D eigenvalue weighted by molar-refractivity contribution is 4.95. The van der Waals surface area contributed by atoms with E-state index in [2.05, 4.69) is 11.9 Å². The molecule has 1 nitrogen and oxygen atoms in total. The molecule has 1 aliphatic heterocycles. The lowest BCUT2D eigenvalue weighted by atomic mass is 9.61. The fourth-order valence-corrected chi connectivity index (χ4v) is 4.74. The first-order chi connectivity index (χ1) is 7.36. The predicted molar refractivity (Wildman–Crippen MR) is 63.8 cm³/mol. The van der Waals surface area contributed by atoms with Crippen LogP contribution in [0, 0.1) is 17.8 Å². The summed E-state index contributed by atoms with van der Waals surface area (Å²) in [4.78, 5) is 2.67. The summed E-state index contributed by atoms with van der Waals surface area (Å²) in [7, 11) is 2.36. The van der Waals surface area contributed by atoms with Crippen molar-refractivity contribution in [2.75, 3.05) is 13.6 Å². The topological polar surface area (TPSA) is 3.24 Å². The lowest BCUT2D eigenvalue weighted by molar-refractivity contribution is -0.00629. The Morgan fingerprint density at radius 2 is 1.60 bits per heavy atom. The highest BCUT2D eigenvalue weighted by Crippen LogP contribution is 2.47. The van der Waals surface area contributed by atoms with Crippen molar-refractivity contribution in [2.45, 2.75) is 57.4 Å². The summed E-state index contributed by atoms with van der Waals surface area (Å²) < 4.78 is 0. The SMILES string of the molecule is CN1CCCC2C3CCCCC3CCC21. The molecule has 0 amide bonds. The molecule has 0 aromatic carbocycles. The molecular formula is C14H25N. The average molecular weight is 207 g/mol. The molecule has 15 heavy (non-hydrogen) atoms. The molecule has 3 aliphatic rings. The first-order valence-corrected chi connectivity index (χ1v) is 7.06. The van der Waals surface area contributed by atoms with Crippen LogP contribution in [0.1, 0.15) is 51.4 Å². The monoisotopic (exact) mass is 207 g/mol. The molecule has 0 aromatic rings. The second-order valence-corrected chi connectivity index (χ2v) is 6.14. The number of rotatable bonds is 0. The van der Waals surface area contributed by atoms with Crippen molar-refractivity contribution < 1.29 is 0 Å². The predicted octanol–water partition coefficient (Wildman–Crippen LogP) is 3.30. The van der Waals surface area contributed by atoms with Crippen LogP contribution in [-0.4, -0.2) is 24.5 Å². The third-order valence-corrected chi connectivity index (χ3v) is 5.46. The molecule has 0 aromatic heterocycles. The Kier molecular flexibility index (Phi) is 2.76. The lowest BCUT2D eigenvalue weighted by Crippen LogP contribution is -2.50. The molecule has 0 bridgehead atoms. The molecule has 1 heteroatoms. The van der Waals surface area contributed by atoms with Gasteiger partial charge in [-0.15, -0.1) is 0 Å². The first-order valence-electron chi connectivity index (χ1n) is 7.06. The quantitative estimate of drug-likeness (QED) is 0.589. The van der Waals surface area contributed by atoms with Crippen LogP contribution in [-0.2, 0) is 0 Å². The average Bonchev–Trinajstić information content (AvgIpc) is 2.29. The van der Waals surface area contributed by atoms with Gasteiger partial charge in [0.15, 0.2) is 0 Å². The van der Waals surface area contributed by atoms with Crippen LogP contribution in [0.3, 0.4) is 0 Å². The highest BCUT2D eigenvalue weighted by atomic mass is 15.1. The van der Waals surface area contributed by atoms with Gasteiger partial charge < -0.3 is 4.90 Å². The number of fused-ring (bicyclic) bond motifs is 3. The van der Waals surface area contributed by atoms with Gasteiger partial charge in [0.1, 0.15) is 0 Å². The fraction of sp³-hybridized carbons (Fsp3) is 1.00. The van der Waals surface area contributed by atoms with E-state index >= 15 is 0 Å². The number of hydrogen-bond donors (Lipinski definition) is 0. The zero-order valence-corrected chi connectivity index (χ0v) is 10.1. The van der Waals surface area contributed by atoms with Gasteiger partial charge in [0.05, 0.1) is 0 Å². The number of nitrogens with zero attached hydrogens (tertiary/aromatic N) is 1. The van der Waals surface area contributed by atoms with Crippen LogP contribution in [0.5, 0.6) is 0 Å². The van der Waals surface area contributed by atoms with Gasteiger partial charge in [-0.25, -0.2) is 0 Å². The van der Waals surface area contributed by atoms with Crippen LogP contribution in [0.2, 0.25) is 0 Å². The third kappa shape index (κ3) is 1.73. The number of hydrogen-bond acceptors (Lipinski definition) is 1. The Morgan fingerprint density at radius 1 is 0.800 bits per heavy atom. The summed E-state index contributed by atoms with van der Waals surface area (Å²) in [6, 6.07) is 0.957. The smallest absolute Gasteiger partial charge is 0.0123 e. The van der Waals surface area contributed by atoms with Gasteiger partial charge in [0, 0.05) is 6.04 Å². The van der Waals surface area contributed by atoms with Gasteiger partial charge in [-0.3, -0.25) is 0 Å². The summed E-state index contributed by atoms with van der Waals surface area (Å²) in [6.45, 7) is 1.36. The van der Waals surface area contributed by atoms with Crippen molar-refractivity contribution in [2.24, 2.45) is 17.8 Å². The summed E-state index contributed by atoms with van der Waals surface area (Å²) in [5.41, 5.74) is 0. The molecule has 1 heterocycles. The maximum atomic E-state index is 2.67. The minimum absolute atomic E-state index is 0.957. The van der Waals surface area contributed by atoms with Crippen LogP contribution >= 0.6 is 0 Å². The Bertz CT molecular complexity index is 225. The molecule has 0 spiro atoms. The van der Waals surface area contributed by atoms with Crippen molar-refractivity contribution in [3.63, 3.8) is 0 Å². The van der Waals surface area contributed by atoms with Gasteiger partial charge in [-0.2, -0.15) is 0 Å². The number of likely N-dealkylation sites (tertiary alicyclic amines) is 1. The zero-order chi connectivity index (χ0) is 10.3. The highest BCUT2D eigenvalue weighted by Gasteiger charge is 2.42. The van der Waals surface area contributed by atoms with Gasteiger partial charge in [0.25, 0.3) is 0 Å². The maximum absolute atomic E-state index is 2.67. The van der Waals surface area contributed by atoms with Crippen molar-refractivity contribution in [1.82, 2.24) is 4.90 Å². The van der Waals surface area contributed by atoms with E-state index in [-0.39, 0.29) is 0 Å². The van der Waals surface area contributed by atoms with E-state index in [0.29, 0.717) is 0 Å². The van der Waals surface area contributed by atoms with Gasteiger partial charge >= 0.3 is 0 Å². The van der Waals surface area contributed by atoms with Gasteiger partial charge in [0.2, 0.25) is 0 Å². The Balaban J connectivity index is 1.76. The molecule has 4 unspecified atom stereocenters. The molecule has 4 atom stereocenters. The van der Waals surface area contributed by atoms with Crippen LogP contribution in [0.25, 0.3) is 0 Å². The Labute approximate surface area is 94.2 Å². The van der Waals surface area contributed by atoms with Gasteiger partial charge in [-0.1, -0.05) is 19.3 Å². The van der Waals surface area contributed by atoms with Crippen molar-refractivity contribution >= 4 is 0 Å². The molecule has 2 saturated carbocycles. The zero-order valence-electron chi connectivity index (χ0n) is 10.1. The van der Waals surface area contributed by atoms with Crippen molar-refractivity contribution in [3.8, 4) is 0 Å². The van der Waals surface area contributed by atoms with Crippen molar-refractivity contribution in [1.29, 1.82) is 0 Å². The molecule has 2 aliphatic carbocycles. The van der Waals surface area contributed by atoms with E-state index in [4.69, 9.17) is 0 Å². The van der Waals surface area contributed by atoms with Crippen LogP contribution in [0.15, 0.2) is 0 Å². The Hall–Kier alpha value is -0.0400. The second kappa shape index (κ2) is 4.08. The van der Waals surface area contributed by atoms with E-state index in [0.717, 1.165) is 23.8 Å². The van der Waals surface area contributed by atoms with Gasteiger partial charge in [-0.05, 0) is 63.5 Å². The summed E-state index contributed by atoms with van der Waals surface area (Å²) >= 11 is 0.